The highest BCUT2D eigenvalue weighted by Crippen LogP contribution is 2.45. The molecule has 0 aromatic rings. The first-order chi connectivity index (χ1) is 48.7. The molecule has 19 heteroatoms. The molecule has 0 rings (SSSR count). The van der Waals surface area contributed by atoms with E-state index in [0.717, 1.165) is 180 Å². The van der Waals surface area contributed by atoms with Crippen LogP contribution in [0.5, 0.6) is 0 Å². The number of phosphoric ester groups is 2. The van der Waals surface area contributed by atoms with Gasteiger partial charge in [-0.3, -0.25) is 37.3 Å². The van der Waals surface area contributed by atoms with Crippen molar-refractivity contribution in [3.63, 3.8) is 0 Å². The lowest BCUT2D eigenvalue weighted by Crippen LogP contribution is -2.30. The molecular formula is C81H136O17P2. The van der Waals surface area contributed by atoms with Crippen molar-refractivity contribution in [2.45, 2.75) is 316 Å². The van der Waals surface area contributed by atoms with Crippen LogP contribution in [0.4, 0.5) is 0 Å². The Morgan fingerprint density at radius 3 is 0.880 bits per heavy atom. The third kappa shape index (κ3) is 71.6. The van der Waals surface area contributed by atoms with Crippen LogP contribution in [-0.4, -0.2) is 96.7 Å². The molecule has 0 saturated carbocycles. The van der Waals surface area contributed by atoms with Crippen LogP contribution >= 0.6 is 15.6 Å². The number of carbonyl (C=O) groups excluding carboxylic acids is 4. The van der Waals surface area contributed by atoms with Crippen LogP contribution in [0.25, 0.3) is 0 Å². The van der Waals surface area contributed by atoms with Gasteiger partial charge in [0, 0.05) is 25.7 Å². The molecule has 0 radical (unpaired) electrons. The van der Waals surface area contributed by atoms with E-state index < -0.39 is 97.5 Å². The lowest BCUT2D eigenvalue weighted by Gasteiger charge is -2.21. The van der Waals surface area contributed by atoms with E-state index >= 15 is 0 Å². The number of aliphatic hydroxyl groups excluding tert-OH is 1. The van der Waals surface area contributed by atoms with Crippen molar-refractivity contribution in [3.8, 4) is 0 Å². The van der Waals surface area contributed by atoms with E-state index in [1.807, 2.05) is 12.2 Å². The van der Waals surface area contributed by atoms with Crippen LogP contribution in [0, 0.1) is 0 Å². The highest BCUT2D eigenvalue weighted by atomic mass is 31.2. The van der Waals surface area contributed by atoms with E-state index in [1.54, 1.807) is 0 Å². The summed E-state index contributed by atoms with van der Waals surface area (Å²) < 4.78 is 68.4. The van der Waals surface area contributed by atoms with Crippen LogP contribution in [0.2, 0.25) is 0 Å². The summed E-state index contributed by atoms with van der Waals surface area (Å²) >= 11 is 0. The first-order valence-corrected chi connectivity index (χ1v) is 41.4. The van der Waals surface area contributed by atoms with Crippen molar-refractivity contribution in [2.75, 3.05) is 39.6 Å². The van der Waals surface area contributed by atoms with Gasteiger partial charge in [-0.25, -0.2) is 9.13 Å². The third-order valence-corrected chi connectivity index (χ3v) is 17.5. The fourth-order valence-corrected chi connectivity index (χ4v) is 11.3. The van der Waals surface area contributed by atoms with E-state index in [1.165, 1.54) is 32.1 Å². The summed E-state index contributed by atoms with van der Waals surface area (Å²) in [6.07, 6.45) is 80.2. The summed E-state index contributed by atoms with van der Waals surface area (Å²) in [4.78, 5) is 72.8. The summed E-state index contributed by atoms with van der Waals surface area (Å²) in [7, 11) is -9.98. The minimum atomic E-state index is -4.99. The predicted molar refractivity (Wildman–Crippen MR) is 408 cm³/mol. The second kappa shape index (κ2) is 72.5. The minimum absolute atomic E-state index is 0.0636. The standard InChI is InChI=1S/C81H136O17P2/c1-5-9-13-17-21-25-29-32-35-37-40-42-46-49-53-57-61-65-78(83)91-71-76(97-80(85)67-63-59-55-51-45-28-24-20-16-12-8-4)73-95-99(87,88)93-69-75(82)70-94-100(89,90)96-74-77(98-81(86)68-64-60-56-52-48-44-39-34-31-27-23-19-15-11-7-3)72-92-79(84)66-62-58-54-50-47-43-41-38-36-33-30-26-22-18-14-10-6-2/h9-10,13-14,20-27,32-36,39,41,43,50,54,75-77,82H,5-8,11-12,15-19,28-31,37-38,40,42,44-49,51-53,55-74H2,1-4H3,(H,87,88)(H,89,90)/b13-9-,14-10-,24-20-,25-21-,26-22-,27-23-,35-32-,36-33-,39-34-,43-41-,54-50-. The Balaban J connectivity index is 5.39. The molecular weight excluding hydrogens is 1310 g/mol. The van der Waals surface area contributed by atoms with Gasteiger partial charge >= 0.3 is 39.5 Å². The van der Waals surface area contributed by atoms with Crippen molar-refractivity contribution < 1.29 is 80.2 Å². The van der Waals surface area contributed by atoms with Gasteiger partial charge in [0.2, 0.25) is 0 Å². The highest BCUT2D eigenvalue weighted by Gasteiger charge is 2.30. The molecule has 5 atom stereocenters. The largest absolute Gasteiger partial charge is 0.472 e. The summed E-state index contributed by atoms with van der Waals surface area (Å²) in [5.74, 6) is -2.28. The topological polar surface area (TPSA) is 237 Å². The molecule has 0 aliphatic heterocycles. The van der Waals surface area contributed by atoms with Crippen molar-refractivity contribution in [2.24, 2.45) is 0 Å². The zero-order valence-corrected chi connectivity index (χ0v) is 64.1. The molecule has 0 aromatic heterocycles. The van der Waals surface area contributed by atoms with E-state index in [2.05, 4.69) is 149 Å². The zero-order chi connectivity index (χ0) is 73.2. The number of phosphoric acid groups is 2. The molecule has 572 valence electrons. The van der Waals surface area contributed by atoms with Crippen LogP contribution in [0.3, 0.4) is 0 Å². The normalized spacial score (nSPS) is 14.7. The van der Waals surface area contributed by atoms with Gasteiger partial charge in [0.25, 0.3) is 0 Å². The average Bonchev–Trinajstić information content (AvgIpc) is 1.02. The number of allylic oxidation sites excluding steroid dienone is 22. The first-order valence-electron chi connectivity index (χ1n) is 38.4. The van der Waals surface area contributed by atoms with Gasteiger partial charge in [-0.2, -0.15) is 0 Å². The molecule has 0 aromatic carbocycles. The lowest BCUT2D eigenvalue weighted by atomic mass is 10.1. The number of unbranched alkanes of at least 4 members (excludes halogenated alkanes) is 23. The van der Waals surface area contributed by atoms with E-state index in [-0.39, 0.29) is 25.7 Å². The molecule has 0 saturated heterocycles. The maximum atomic E-state index is 13.1. The summed E-state index contributed by atoms with van der Waals surface area (Å²) in [6, 6.07) is 0. The van der Waals surface area contributed by atoms with Gasteiger partial charge in [-0.05, 0) is 148 Å². The molecule has 3 N–H and O–H groups in total. The van der Waals surface area contributed by atoms with E-state index in [4.69, 9.17) is 37.0 Å². The second-order valence-electron chi connectivity index (χ2n) is 25.2. The predicted octanol–water partition coefficient (Wildman–Crippen LogP) is 22.1. The second-order valence-corrected chi connectivity index (χ2v) is 28.1. The fraction of sp³-hybridized carbons (Fsp3) is 0.679. The molecule has 100 heavy (non-hydrogen) atoms. The van der Waals surface area contributed by atoms with Gasteiger partial charge in [0.05, 0.1) is 26.4 Å². The minimum Gasteiger partial charge on any atom is -0.462 e. The lowest BCUT2D eigenvalue weighted by molar-refractivity contribution is -0.161. The van der Waals surface area contributed by atoms with Crippen molar-refractivity contribution in [3.05, 3.63) is 134 Å². The van der Waals surface area contributed by atoms with Crippen molar-refractivity contribution in [1.82, 2.24) is 0 Å². The van der Waals surface area contributed by atoms with Gasteiger partial charge < -0.3 is 33.8 Å². The monoisotopic (exact) mass is 1440 g/mol. The van der Waals surface area contributed by atoms with Gasteiger partial charge in [0.1, 0.15) is 19.3 Å². The zero-order valence-electron chi connectivity index (χ0n) is 62.3. The Bertz CT molecular complexity index is 2420. The Kier molecular flexibility index (Phi) is 69.1. The maximum Gasteiger partial charge on any atom is 0.472 e. The Morgan fingerprint density at radius 1 is 0.290 bits per heavy atom. The smallest absolute Gasteiger partial charge is 0.462 e. The Labute approximate surface area is 605 Å². The molecule has 0 spiro atoms. The molecule has 0 heterocycles. The van der Waals surface area contributed by atoms with Crippen LogP contribution in [0.1, 0.15) is 297 Å². The quantitative estimate of drug-likeness (QED) is 0.0169. The van der Waals surface area contributed by atoms with Crippen LogP contribution in [-0.2, 0) is 65.4 Å². The molecule has 0 aliphatic rings. The SMILES string of the molecule is CC/C=C\C/C=C\C/C=C\C/C=C\C/C=C\CCCC(=O)OCC(COP(=O)(O)OCC(O)COP(=O)(O)OCC(COC(=O)CCCCCCCCC/C=C\C/C=C\C/C=C\CC)OC(=O)CCCCCCC/C=C\CCCC)OC(=O)CCCCCCC/C=C\C/C=C\CCCCC. The number of hydrogen-bond acceptors (Lipinski definition) is 15. The van der Waals surface area contributed by atoms with E-state index in [0.29, 0.717) is 32.1 Å². The number of ether oxygens (including phenoxy) is 4. The highest BCUT2D eigenvalue weighted by molar-refractivity contribution is 7.47. The molecule has 0 amide bonds. The molecule has 0 fully saturated rings. The fourth-order valence-electron chi connectivity index (χ4n) is 9.75. The summed E-state index contributed by atoms with van der Waals surface area (Å²) in [5, 5.41) is 10.6. The van der Waals surface area contributed by atoms with Crippen LogP contribution < -0.4 is 0 Å². The molecule has 0 aliphatic carbocycles. The number of carbonyl (C=O) groups is 4. The summed E-state index contributed by atoms with van der Waals surface area (Å²) in [6.45, 7) is 4.48. The summed E-state index contributed by atoms with van der Waals surface area (Å²) in [5.41, 5.74) is 0. The van der Waals surface area contributed by atoms with Crippen molar-refractivity contribution in [1.29, 1.82) is 0 Å². The average molecular weight is 1440 g/mol. The third-order valence-electron chi connectivity index (χ3n) is 15.6. The van der Waals surface area contributed by atoms with E-state index in [9.17, 15) is 43.2 Å². The number of rotatable bonds is 71. The Hall–Kier alpha value is -4.80. The van der Waals surface area contributed by atoms with Gasteiger partial charge in [-0.1, -0.05) is 258 Å². The van der Waals surface area contributed by atoms with Crippen molar-refractivity contribution >= 4 is 39.5 Å². The molecule has 5 unspecified atom stereocenters. The van der Waals surface area contributed by atoms with Crippen LogP contribution in [0.15, 0.2) is 134 Å². The van der Waals surface area contributed by atoms with Gasteiger partial charge in [0.15, 0.2) is 12.2 Å². The molecule has 17 nitrogen and oxygen atoms in total. The number of hydrogen-bond donors (Lipinski definition) is 3. The first kappa shape index (κ1) is 95.2. The van der Waals surface area contributed by atoms with Gasteiger partial charge in [-0.15, -0.1) is 0 Å². The number of aliphatic hydroxyl groups is 1. The Morgan fingerprint density at radius 2 is 0.540 bits per heavy atom. The maximum absolute atomic E-state index is 13.1. The number of esters is 4. The molecule has 0 bridgehead atoms.